The third-order valence-electron chi connectivity index (χ3n) is 6.62. The molecule has 2 atom stereocenters. The van der Waals surface area contributed by atoms with Gasteiger partial charge < -0.3 is 29.6 Å². The highest BCUT2D eigenvalue weighted by Crippen LogP contribution is 2.21. The van der Waals surface area contributed by atoms with Gasteiger partial charge in [-0.25, -0.2) is 19.2 Å². The smallest absolute Gasteiger partial charge is 0.408 e. The summed E-state index contributed by atoms with van der Waals surface area (Å²) in [7, 11) is 0. The van der Waals surface area contributed by atoms with E-state index in [2.05, 4.69) is 10.6 Å². The Balaban J connectivity index is 1.95. The number of hydrogen-bond donors (Lipinski definition) is 2. The fourth-order valence-corrected chi connectivity index (χ4v) is 4.18. The SMILES string of the molecule is CC(C)[C@H](NC(=O)OC(C)(C)C)C(=O)OCC(=O)c1ccc(-c2ccc(C(=O)COC(=O)[C@H](NC(=O)OC(C)(C)C)C(C)C)cc2)cc1. The van der Waals surface area contributed by atoms with Gasteiger partial charge in [0, 0.05) is 11.1 Å². The van der Waals surface area contributed by atoms with Crippen LogP contribution in [0.25, 0.3) is 11.1 Å². The number of amides is 2. The van der Waals surface area contributed by atoms with E-state index in [0.29, 0.717) is 11.1 Å². The average molecular weight is 669 g/mol. The first-order valence-corrected chi connectivity index (χ1v) is 15.8. The quantitative estimate of drug-likeness (QED) is 0.149. The number of rotatable bonds is 13. The van der Waals surface area contributed by atoms with Crippen molar-refractivity contribution in [3.63, 3.8) is 0 Å². The Morgan fingerprint density at radius 2 is 0.833 bits per heavy atom. The summed E-state index contributed by atoms with van der Waals surface area (Å²) in [6, 6.07) is 11.3. The van der Waals surface area contributed by atoms with E-state index in [1.54, 1.807) is 118 Å². The molecule has 262 valence electrons. The van der Waals surface area contributed by atoms with Gasteiger partial charge in [-0.05, 0) is 64.5 Å². The maximum atomic E-state index is 12.7. The first-order valence-electron chi connectivity index (χ1n) is 15.8. The number of Topliss-reactive ketones (excluding diaryl/α,β-unsaturated/α-hetero) is 2. The van der Waals surface area contributed by atoms with E-state index >= 15 is 0 Å². The van der Waals surface area contributed by atoms with Gasteiger partial charge in [0.25, 0.3) is 0 Å². The van der Waals surface area contributed by atoms with Crippen LogP contribution in [-0.2, 0) is 28.5 Å². The van der Waals surface area contributed by atoms with E-state index in [1.165, 1.54) is 0 Å². The number of benzene rings is 2. The van der Waals surface area contributed by atoms with Crippen LogP contribution in [0.5, 0.6) is 0 Å². The van der Waals surface area contributed by atoms with Crippen LogP contribution in [0.1, 0.15) is 90.0 Å². The second-order valence-corrected chi connectivity index (χ2v) is 14.0. The van der Waals surface area contributed by atoms with Crippen LogP contribution in [0.3, 0.4) is 0 Å². The highest BCUT2D eigenvalue weighted by Gasteiger charge is 2.30. The molecule has 2 aromatic carbocycles. The van der Waals surface area contributed by atoms with E-state index in [4.69, 9.17) is 18.9 Å². The minimum Gasteiger partial charge on any atom is -0.456 e. The minimum atomic E-state index is -0.991. The molecule has 12 nitrogen and oxygen atoms in total. The van der Waals surface area contributed by atoms with Gasteiger partial charge in [-0.15, -0.1) is 0 Å². The zero-order valence-corrected chi connectivity index (χ0v) is 29.4. The van der Waals surface area contributed by atoms with Crippen LogP contribution < -0.4 is 10.6 Å². The Bertz CT molecular complexity index is 1340. The van der Waals surface area contributed by atoms with Crippen LogP contribution >= 0.6 is 0 Å². The van der Waals surface area contributed by atoms with Crippen LogP contribution in [0.15, 0.2) is 48.5 Å². The van der Waals surface area contributed by atoms with Crippen molar-refractivity contribution in [2.24, 2.45) is 11.8 Å². The molecule has 48 heavy (non-hydrogen) atoms. The van der Waals surface area contributed by atoms with Crippen LogP contribution in [0.2, 0.25) is 0 Å². The number of alkyl carbamates (subject to hydrolysis) is 2. The molecule has 2 aromatic rings. The Morgan fingerprint density at radius 3 is 1.08 bits per heavy atom. The Labute approximate surface area is 282 Å². The zero-order chi connectivity index (χ0) is 36.4. The molecule has 0 saturated carbocycles. The number of carbonyl (C=O) groups excluding carboxylic acids is 6. The Kier molecular flexibility index (Phi) is 13.9. The predicted octanol–water partition coefficient (Wildman–Crippen LogP) is 5.90. The van der Waals surface area contributed by atoms with E-state index in [9.17, 15) is 28.8 Å². The maximum Gasteiger partial charge on any atom is 0.408 e. The molecular formula is C36H48N2O10. The molecule has 0 aliphatic heterocycles. The van der Waals surface area contributed by atoms with Gasteiger partial charge in [0.15, 0.2) is 24.8 Å². The van der Waals surface area contributed by atoms with Crippen molar-refractivity contribution in [1.29, 1.82) is 0 Å². The van der Waals surface area contributed by atoms with Crippen LogP contribution in [0.4, 0.5) is 9.59 Å². The number of nitrogens with one attached hydrogen (secondary N) is 2. The fourth-order valence-electron chi connectivity index (χ4n) is 4.18. The summed E-state index contributed by atoms with van der Waals surface area (Å²) in [5.74, 6) is -2.95. The second kappa shape index (κ2) is 16.9. The molecule has 0 aliphatic rings. The Morgan fingerprint density at radius 1 is 0.542 bits per heavy atom. The van der Waals surface area contributed by atoms with Crippen LogP contribution in [0, 0.1) is 11.8 Å². The zero-order valence-electron chi connectivity index (χ0n) is 29.4. The van der Waals surface area contributed by atoms with Crippen molar-refractivity contribution in [2.45, 2.75) is 92.5 Å². The molecule has 2 rings (SSSR count). The molecule has 0 bridgehead atoms. The van der Waals surface area contributed by atoms with E-state index in [0.717, 1.165) is 11.1 Å². The molecule has 0 aliphatic carbocycles. The molecule has 0 fully saturated rings. The lowest BCUT2D eigenvalue weighted by Gasteiger charge is -2.24. The third-order valence-corrected chi connectivity index (χ3v) is 6.62. The number of carbonyl (C=O) groups is 6. The van der Waals surface area contributed by atoms with E-state index < -0.39 is 72.2 Å². The van der Waals surface area contributed by atoms with Crippen molar-refractivity contribution in [2.75, 3.05) is 13.2 Å². The lowest BCUT2D eigenvalue weighted by Crippen LogP contribution is -2.47. The Hall–Kier alpha value is -4.74. The molecule has 0 aromatic heterocycles. The molecule has 0 saturated heterocycles. The second-order valence-electron chi connectivity index (χ2n) is 14.0. The normalized spacial score (nSPS) is 12.8. The topological polar surface area (TPSA) is 163 Å². The summed E-state index contributed by atoms with van der Waals surface area (Å²) in [4.78, 5) is 75.0. The van der Waals surface area contributed by atoms with Gasteiger partial charge in [-0.1, -0.05) is 76.2 Å². The molecule has 0 heterocycles. The van der Waals surface area contributed by atoms with Crippen molar-refractivity contribution < 1.29 is 47.7 Å². The lowest BCUT2D eigenvalue weighted by atomic mass is 10.0. The van der Waals surface area contributed by atoms with Crippen molar-refractivity contribution in [1.82, 2.24) is 10.6 Å². The molecule has 0 unspecified atom stereocenters. The van der Waals surface area contributed by atoms with Gasteiger partial charge in [-0.3, -0.25) is 9.59 Å². The molecular weight excluding hydrogens is 620 g/mol. The summed E-state index contributed by atoms with van der Waals surface area (Å²) in [5.41, 5.74) is 0.697. The van der Waals surface area contributed by atoms with E-state index in [-0.39, 0.29) is 11.8 Å². The van der Waals surface area contributed by atoms with Gasteiger partial charge >= 0.3 is 24.1 Å². The summed E-state index contributed by atoms with van der Waals surface area (Å²) >= 11 is 0. The van der Waals surface area contributed by atoms with Gasteiger partial charge in [0.05, 0.1) is 0 Å². The summed E-state index contributed by atoms with van der Waals surface area (Å²) in [6.45, 7) is 16.2. The number of esters is 2. The third kappa shape index (κ3) is 13.2. The highest BCUT2D eigenvalue weighted by molar-refractivity contribution is 5.99. The van der Waals surface area contributed by atoms with Gasteiger partial charge in [-0.2, -0.15) is 0 Å². The van der Waals surface area contributed by atoms with Gasteiger partial charge in [0.2, 0.25) is 0 Å². The number of ketones is 2. The predicted molar refractivity (Wildman–Crippen MR) is 178 cm³/mol. The first kappa shape index (κ1) is 39.4. The summed E-state index contributed by atoms with van der Waals surface area (Å²) in [6.07, 6.45) is -1.52. The van der Waals surface area contributed by atoms with Crippen molar-refractivity contribution >= 4 is 35.7 Å². The van der Waals surface area contributed by atoms with E-state index in [1.807, 2.05) is 0 Å². The molecule has 2 N–H and O–H groups in total. The molecule has 0 spiro atoms. The molecule has 12 heteroatoms. The maximum absolute atomic E-state index is 12.7. The fraction of sp³-hybridized carbons (Fsp3) is 0.500. The highest BCUT2D eigenvalue weighted by atomic mass is 16.6. The molecule has 0 radical (unpaired) electrons. The first-order chi connectivity index (χ1) is 22.2. The summed E-state index contributed by atoms with van der Waals surface area (Å²) in [5, 5.41) is 4.99. The van der Waals surface area contributed by atoms with Crippen LogP contribution in [-0.4, -0.2) is 72.2 Å². The summed E-state index contributed by atoms with van der Waals surface area (Å²) < 4.78 is 20.8. The molecule has 2 amide bonds. The van der Waals surface area contributed by atoms with Crippen molar-refractivity contribution in [3.8, 4) is 11.1 Å². The van der Waals surface area contributed by atoms with Gasteiger partial charge in [0.1, 0.15) is 23.3 Å². The minimum absolute atomic E-state index is 0.304. The number of hydrogen-bond acceptors (Lipinski definition) is 10. The monoisotopic (exact) mass is 668 g/mol. The average Bonchev–Trinajstić information content (AvgIpc) is 2.98. The largest absolute Gasteiger partial charge is 0.456 e. The lowest BCUT2D eigenvalue weighted by molar-refractivity contribution is -0.146. The standard InChI is InChI=1S/C36H48N2O10/c1-21(2)29(37-33(43)47-35(5,6)7)31(41)45-19-27(39)25-15-11-23(12-16-25)24-13-17-26(18-14-24)28(40)20-46-32(42)30(22(3)4)38-34(44)48-36(8,9)10/h11-18,21-22,29-30H,19-20H2,1-10H3,(H,37,43)(H,38,44)/t29-,30+. The van der Waals surface area contributed by atoms with Crippen molar-refractivity contribution in [3.05, 3.63) is 59.7 Å². The number of ether oxygens (including phenoxy) is 4.